The first kappa shape index (κ1) is 19.4. The molecule has 8 atom stereocenters. The van der Waals surface area contributed by atoms with Crippen molar-refractivity contribution in [3.63, 3.8) is 0 Å². The molecule has 0 aromatic heterocycles. The molecule has 4 saturated heterocycles. The summed E-state index contributed by atoms with van der Waals surface area (Å²) in [5.74, 6) is 0.450. The number of nitrogens with one attached hydrogen (secondary N) is 6. The van der Waals surface area contributed by atoms with Crippen LogP contribution < -0.4 is 38.0 Å². The summed E-state index contributed by atoms with van der Waals surface area (Å²) in [7, 11) is 0. The van der Waals surface area contributed by atoms with Crippen molar-refractivity contribution in [2.75, 3.05) is 32.7 Å². The molecule has 154 valence electrons. The number of rotatable bonds is 3. The molecule has 0 spiro atoms. The maximum Gasteiger partial charge on any atom is 0.229 e. The van der Waals surface area contributed by atoms with Crippen molar-refractivity contribution in [2.45, 2.75) is 50.4 Å². The molecule has 0 aliphatic carbocycles. The average molecular weight is 385 g/mol. The Labute approximate surface area is 159 Å². The first-order valence-electron chi connectivity index (χ1n) is 10.2. The van der Waals surface area contributed by atoms with E-state index in [-0.39, 0.29) is 31.2 Å². The Morgan fingerprint density at radius 3 is 2.85 bits per heavy atom. The summed E-state index contributed by atoms with van der Waals surface area (Å²) in [4.78, 5) is 13.1. The smallest absolute Gasteiger partial charge is 0.229 e. The van der Waals surface area contributed by atoms with Crippen LogP contribution in [0.15, 0.2) is 0 Å². The Hall–Kier alpha value is -0.880. The van der Waals surface area contributed by atoms with Crippen LogP contribution in [0, 0.1) is 17.8 Å². The zero-order valence-electron chi connectivity index (χ0n) is 15.9. The Morgan fingerprint density at radius 1 is 1.22 bits per heavy atom. The predicted molar refractivity (Wildman–Crippen MR) is 99.6 cm³/mol. The number of amides is 1. The molecule has 4 aliphatic rings. The fraction of sp³-hybridized carbons (Fsp3) is 0.941. The number of alkyl halides is 1. The number of carbonyl (C=O) groups is 1. The predicted octanol–water partition coefficient (Wildman–Crippen LogP) is -2.43. The lowest BCUT2D eigenvalue weighted by atomic mass is 9.75. The van der Waals surface area contributed by atoms with E-state index in [0.29, 0.717) is 17.9 Å². The lowest BCUT2D eigenvalue weighted by Gasteiger charge is -2.43. The minimum atomic E-state index is -0.955. The molecule has 1 amide bonds. The zero-order valence-corrected chi connectivity index (χ0v) is 15.9. The third kappa shape index (κ3) is 3.98. The molecule has 8 unspecified atom stereocenters. The van der Waals surface area contributed by atoms with E-state index in [1.807, 2.05) is 0 Å². The molecule has 4 aliphatic heterocycles. The van der Waals surface area contributed by atoms with Crippen LogP contribution in [-0.4, -0.2) is 74.2 Å². The summed E-state index contributed by atoms with van der Waals surface area (Å²) in [6.45, 7) is 5.41. The summed E-state index contributed by atoms with van der Waals surface area (Å²) in [5, 5.41) is 11.5. The highest BCUT2D eigenvalue weighted by Gasteiger charge is 2.48. The standard InChI is InChI=1S/C17H33FN8O/c1-9-11(3-5-22-24-9)12-2-4-20-7-13(12)23-17(27)14-15(19)25-26-8-10(18)6-21-16(14)26/h9-16,20-22,24-25H,2-8,19H2,1H3,(H,23,27). The molecule has 4 rings (SSSR count). The molecule has 8 N–H and O–H groups in total. The highest BCUT2D eigenvalue weighted by atomic mass is 19.1. The molecule has 0 radical (unpaired) electrons. The van der Waals surface area contributed by atoms with Crippen molar-refractivity contribution < 1.29 is 9.18 Å². The van der Waals surface area contributed by atoms with Crippen molar-refractivity contribution in [3.8, 4) is 0 Å². The van der Waals surface area contributed by atoms with Gasteiger partial charge in [0.05, 0.1) is 18.2 Å². The van der Waals surface area contributed by atoms with Crippen molar-refractivity contribution in [3.05, 3.63) is 0 Å². The third-order valence-electron chi connectivity index (χ3n) is 6.61. The van der Waals surface area contributed by atoms with Gasteiger partial charge in [0.1, 0.15) is 6.17 Å². The SMILES string of the molecule is CC1NNCCC1C1CCNCC1NC(=O)C1C(N)NN2CC(F)CNC12. The number of nitrogens with two attached hydrogens (primary N) is 1. The van der Waals surface area contributed by atoms with Crippen molar-refractivity contribution in [1.29, 1.82) is 0 Å². The molecule has 0 saturated carbocycles. The van der Waals surface area contributed by atoms with E-state index < -0.39 is 18.3 Å². The van der Waals surface area contributed by atoms with Crippen LogP contribution in [0.1, 0.15) is 19.8 Å². The minimum Gasteiger partial charge on any atom is -0.351 e. The number of hydrogen-bond donors (Lipinski definition) is 7. The Kier molecular flexibility index (Phi) is 5.93. The molecule has 0 aromatic carbocycles. The van der Waals surface area contributed by atoms with E-state index in [0.717, 1.165) is 32.5 Å². The lowest BCUT2D eigenvalue weighted by Crippen LogP contribution is -2.62. The largest absolute Gasteiger partial charge is 0.351 e. The van der Waals surface area contributed by atoms with Gasteiger partial charge in [0.2, 0.25) is 5.91 Å². The summed E-state index contributed by atoms with van der Waals surface area (Å²) < 4.78 is 13.6. The normalized spacial score (nSPS) is 46.0. The van der Waals surface area contributed by atoms with Crippen LogP contribution in [0.4, 0.5) is 4.39 Å². The van der Waals surface area contributed by atoms with Crippen molar-refractivity contribution in [2.24, 2.45) is 23.5 Å². The second-order valence-electron chi connectivity index (χ2n) is 8.37. The van der Waals surface area contributed by atoms with Gasteiger partial charge in [-0.1, -0.05) is 0 Å². The molecule has 27 heavy (non-hydrogen) atoms. The monoisotopic (exact) mass is 384 g/mol. The van der Waals surface area contributed by atoms with Crippen LogP contribution in [-0.2, 0) is 4.79 Å². The van der Waals surface area contributed by atoms with Crippen molar-refractivity contribution in [1.82, 2.24) is 37.2 Å². The van der Waals surface area contributed by atoms with E-state index in [1.54, 1.807) is 5.01 Å². The highest BCUT2D eigenvalue weighted by Crippen LogP contribution is 2.30. The van der Waals surface area contributed by atoms with Crippen LogP contribution >= 0.6 is 0 Å². The van der Waals surface area contributed by atoms with Gasteiger partial charge in [0, 0.05) is 38.3 Å². The van der Waals surface area contributed by atoms with Gasteiger partial charge in [0.15, 0.2) is 0 Å². The fourth-order valence-corrected chi connectivity index (χ4v) is 5.22. The molecule has 0 bridgehead atoms. The lowest BCUT2D eigenvalue weighted by molar-refractivity contribution is -0.128. The number of hydrogen-bond acceptors (Lipinski definition) is 8. The summed E-state index contributed by atoms with van der Waals surface area (Å²) in [6.07, 6.45) is 0.423. The molecule has 4 fully saturated rings. The minimum absolute atomic E-state index is 0.0550. The van der Waals surface area contributed by atoms with Gasteiger partial charge in [-0.3, -0.25) is 21.0 Å². The Balaban J connectivity index is 1.42. The summed E-state index contributed by atoms with van der Waals surface area (Å²) in [5.41, 5.74) is 15.8. The third-order valence-corrected chi connectivity index (χ3v) is 6.61. The second-order valence-corrected chi connectivity index (χ2v) is 8.37. The van der Waals surface area contributed by atoms with Crippen LogP contribution in [0.5, 0.6) is 0 Å². The number of piperidine rings is 1. The number of carbonyl (C=O) groups excluding carboxylic acids is 1. The van der Waals surface area contributed by atoms with Gasteiger partial charge < -0.3 is 16.4 Å². The molecule has 4 heterocycles. The van der Waals surface area contributed by atoms with Crippen molar-refractivity contribution >= 4 is 5.91 Å². The molecular formula is C17H33FN8O. The highest BCUT2D eigenvalue weighted by molar-refractivity contribution is 5.80. The number of hydrazine groups is 2. The van der Waals surface area contributed by atoms with Gasteiger partial charge in [-0.05, 0) is 38.1 Å². The quantitative estimate of drug-likeness (QED) is 0.287. The second kappa shape index (κ2) is 8.24. The first-order valence-corrected chi connectivity index (χ1v) is 10.2. The van der Waals surface area contributed by atoms with Gasteiger partial charge in [-0.25, -0.2) is 14.8 Å². The number of halogens is 1. The molecule has 0 aromatic rings. The average Bonchev–Trinajstić information content (AvgIpc) is 2.97. The Morgan fingerprint density at radius 2 is 2.04 bits per heavy atom. The zero-order chi connectivity index (χ0) is 19.0. The van der Waals surface area contributed by atoms with Crippen LogP contribution in [0.25, 0.3) is 0 Å². The number of fused-ring (bicyclic) bond motifs is 1. The van der Waals surface area contributed by atoms with E-state index in [1.165, 1.54) is 0 Å². The molecule has 10 heteroatoms. The Bertz CT molecular complexity index is 539. The topological polar surface area (TPSA) is 119 Å². The van der Waals surface area contributed by atoms with E-state index in [9.17, 15) is 9.18 Å². The summed E-state index contributed by atoms with van der Waals surface area (Å²) in [6, 6.07) is 0.450. The number of nitrogens with zero attached hydrogens (tertiary/aromatic N) is 1. The van der Waals surface area contributed by atoms with Gasteiger partial charge in [0.25, 0.3) is 0 Å². The van der Waals surface area contributed by atoms with Crippen LogP contribution in [0.2, 0.25) is 0 Å². The van der Waals surface area contributed by atoms with Crippen LogP contribution in [0.3, 0.4) is 0 Å². The molecular weight excluding hydrogens is 351 g/mol. The summed E-state index contributed by atoms with van der Waals surface area (Å²) >= 11 is 0. The van der Waals surface area contributed by atoms with E-state index in [4.69, 9.17) is 5.73 Å². The fourth-order valence-electron chi connectivity index (χ4n) is 5.22. The maximum absolute atomic E-state index is 13.6. The first-order chi connectivity index (χ1) is 13.0. The van der Waals surface area contributed by atoms with Gasteiger partial charge in [-0.15, -0.1) is 0 Å². The maximum atomic E-state index is 13.6. The van der Waals surface area contributed by atoms with E-state index >= 15 is 0 Å². The van der Waals surface area contributed by atoms with Gasteiger partial charge >= 0.3 is 0 Å². The van der Waals surface area contributed by atoms with E-state index in [2.05, 4.69) is 39.2 Å². The van der Waals surface area contributed by atoms with Gasteiger partial charge in [-0.2, -0.15) is 0 Å². The molecule has 9 nitrogen and oxygen atoms in total.